The highest BCUT2D eigenvalue weighted by Gasteiger charge is 2.00. The molecule has 0 saturated heterocycles. The van der Waals surface area contributed by atoms with Crippen molar-refractivity contribution in [2.75, 3.05) is 24.3 Å². The molecule has 3 aromatic rings. The van der Waals surface area contributed by atoms with Crippen molar-refractivity contribution in [1.82, 2.24) is 9.97 Å². The van der Waals surface area contributed by atoms with Gasteiger partial charge in [-0.3, -0.25) is 0 Å². The minimum absolute atomic E-state index is 0.579. The van der Waals surface area contributed by atoms with Crippen LogP contribution in [0.5, 0.6) is 5.75 Å². The molecule has 0 spiro atoms. The van der Waals surface area contributed by atoms with Crippen LogP contribution < -0.4 is 15.4 Å². The van der Waals surface area contributed by atoms with E-state index in [4.69, 9.17) is 4.74 Å². The summed E-state index contributed by atoms with van der Waals surface area (Å²) in [5.41, 5.74) is 2.22. The topological polar surface area (TPSA) is 59.1 Å². The third-order valence-corrected chi connectivity index (χ3v) is 3.56. The summed E-state index contributed by atoms with van der Waals surface area (Å²) in [6, 6.07) is 19.8. The maximum absolute atomic E-state index is 5.17. The first-order valence-electron chi connectivity index (χ1n) is 7.85. The van der Waals surface area contributed by atoms with Crippen LogP contribution in [0, 0.1) is 0 Å². The first-order chi connectivity index (χ1) is 11.8. The molecule has 0 fully saturated rings. The number of anilines is 3. The summed E-state index contributed by atoms with van der Waals surface area (Å²) in [5, 5.41) is 6.51. The van der Waals surface area contributed by atoms with E-state index in [0.717, 1.165) is 30.2 Å². The van der Waals surface area contributed by atoms with Gasteiger partial charge < -0.3 is 15.4 Å². The fourth-order valence-corrected chi connectivity index (χ4v) is 2.30. The molecular formula is C19H20N4O. The number of hydrogen-bond donors (Lipinski definition) is 2. The van der Waals surface area contributed by atoms with E-state index in [9.17, 15) is 0 Å². The van der Waals surface area contributed by atoms with Crippen molar-refractivity contribution in [3.63, 3.8) is 0 Å². The largest absolute Gasteiger partial charge is 0.497 e. The van der Waals surface area contributed by atoms with Gasteiger partial charge >= 0.3 is 0 Å². The summed E-state index contributed by atoms with van der Waals surface area (Å²) < 4.78 is 5.17. The Morgan fingerprint density at radius 1 is 0.958 bits per heavy atom. The molecule has 2 N–H and O–H groups in total. The molecule has 0 radical (unpaired) electrons. The van der Waals surface area contributed by atoms with Gasteiger partial charge in [-0.2, -0.15) is 4.98 Å². The SMILES string of the molecule is COc1ccc(CCNc2ccnc(Nc3ccccc3)n2)cc1. The molecule has 0 aliphatic heterocycles. The lowest BCUT2D eigenvalue weighted by Crippen LogP contribution is -2.07. The average molecular weight is 320 g/mol. The number of rotatable bonds is 7. The van der Waals surface area contributed by atoms with Crippen molar-refractivity contribution in [3.05, 3.63) is 72.4 Å². The lowest BCUT2D eigenvalue weighted by molar-refractivity contribution is 0.414. The Labute approximate surface area is 141 Å². The van der Waals surface area contributed by atoms with E-state index in [1.54, 1.807) is 13.3 Å². The van der Waals surface area contributed by atoms with Crippen molar-refractivity contribution < 1.29 is 4.74 Å². The van der Waals surface area contributed by atoms with Gasteiger partial charge in [-0.15, -0.1) is 0 Å². The maximum atomic E-state index is 5.17. The Bertz CT molecular complexity index is 760. The second-order valence-corrected chi connectivity index (χ2v) is 5.28. The van der Waals surface area contributed by atoms with Crippen LogP contribution in [0.25, 0.3) is 0 Å². The fraction of sp³-hybridized carbons (Fsp3) is 0.158. The first kappa shape index (κ1) is 15.8. The first-order valence-corrected chi connectivity index (χ1v) is 7.85. The number of nitrogens with one attached hydrogen (secondary N) is 2. The normalized spacial score (nSPS) is 10.2. The number of nitrogens with zero attached hydrogens (tertiary/aromatic N) is 2. The van der Waals surface area contributed by atoms with E-state index in [-0.39, 0.29) is 0 Å². The second kappa shape index (κ2) is 7.97. The molecule has 0 aliphatic carbocycles. The highest BCUT2D eigenvalue weighted by Crippen LogP contribution is 2.14. The minimum Gasteiger partial charge on any atom is -0.497 e. The van der Waals surface area contributed by atoms with Crippen molar-refractivity contribution >= 4 is 17.5 Å². The lowest BCUT2D eigenvalue weighted by atomic mass is 10.1. The van der Waals surface area contributed by atoms with Crippen molar-refractivity contribution in [2.45, 2.75) is 6.42 Å². The van der Waals surface area contributed by atoms with E-state index in [2.05, 4.69) is 32.7 Å². The molecule has 1 heterocycles. The van der Waals surface area contributed by atoms with Crippen LogP contribution in [0.3, 0.4) is 0 Å². The number of benzene rings is 2. The lowest BCUT2D eigenvalue weighted by Gasteiger charge is -2.09. The molecule has 0 bridgehead atoms. The number of para-hydroxylation sites is 1. The zero-order chi connectivity index (χ0) is 16.6. The summed E-state index contributed by atoms with van der Waals surface area (Å²) >= 11 is 0. The monoisotopic (exact) mass is 320 g/mol. The Kier molecular flexibility index (Phi) is 5.24. The molecule has 5 nitrogen and oxygen atoms in total. The van der Waals surface area contributed by atoms with Crippen LogP contribution in [-0.2, 0) is 6.42 Å². The number of ether oxygens (including phenoxy) is 1. The Morgan fingerprint density at radius 3 is 2.50 bits per heavy atom. The van der Waals surface area contributed by atoms with Gasteiger partial charge in [0.1, 0.15) is 11.6 Å². The number of hydrogen-bond acceptors (Lipinski definition) is 5. The fourth-order valence-electron chi connectivity index (χ4n) is 2.30. The maximum Gasteiger partial charge on any atom is 0.229 e. The Morgan fingerprint density at radius 2 is 1.75 bits per heavy atom. The van der Waals surface area contributed by atoms with Gasteiger partial charge in [-0.25, -0.2) is 4.98 Å². The van der Waals surface area contributed by atoms with Crippen LogP contribution in [0.4, 0.5) is 17.5 Å². The van der Waals surface area contributed by atoms with E-state index in [0.29, 0.717) is 5.95 Å². The third-order valence-electron chi connectivity index (χ3n) is 3.56. The Hall–Kier alpha value is -3.08. The summed E-state index contributed by atoms with van der Waals surface area (Å²) in [6.07, 6.45) is 2.66. The molecule has 5 heteroatoms. The quantitative estimate of drug-likeness (QED) is 0.692. The van der Waals surface area contributed by atoms with Gasteiger partial charge in [0.05, 0.1) is 7.11 Å². The predicted octanol–water partition coefficient (Wildman–Crippen LogP) is 3.88. The molecular weight excluding hydrogens is 300 g/mol. The van der Waals surface area contributed by atoms with Crippen molar-refractivity contribution in [3.8, 4) is 5.75 Å². The molecule has 24 heavy (non-hydrogen) atoms. The van der Waals surface area contributed by atoms with E-state index < -0.39 is 0 Å². The summed E-state index contributed by atoms with van der Waals surface area (Å²) in [7, 11) is 1.67. The van der Waals surface area contributed by atoms with Gasteiger partial charge in [0.2, 0.25) is 5.95 Å². The van der Waals surface area contributed by atoms with Crippen molar-refractivity contribution in [2.24, 2.45) is 0 Å². The van der Waals surface area contributed by atoms with Gasteiger partial charge in [0, 0.05) is 18.4 Å². The van der Waals surface area contributed by atoms with E-state index in [1.165, 1.54) is 5.56 Å². The van der Waals surface area contributed by atoms with E-state index >= 15 is 0 Å². The van der Waals surface area contributed by atoms with Crippen LogP contribution in [0.15, 0.2) is 66.9 Å². The molecule has 0 atom stereocenters. The molecule has 122 valence electrons. The van der Waals surface area contributed by atoms with E-state index in [1.807, 2.05) is 48.5 Å². The predicted molar refractivity (Wildman–Crippen MR) is 96.9 cm³/mol. The van der Waals surface area contributed by atoms with Gasteiger partial charge in [0.15, 0.2) is 0 Å². The molecule has 0 amide bonds. The van der Waals surface area contributed by atoms with Gasteiger partial charge in [-0.1, -0.05) is 30.3 Å². The smallest absolute Gasteiger partial charge is 0.229 e. The average Bonchev–Trinajstić information content (AvgIpc) is 2.63. The van der Waals surface area contributed by atoms with Crippen LogP contribution >= 0.6 is 0 Å². The second-order valence-electron chi connectivity index (χ2n) is 5.28. The highest BCUT2D eigenvalue weighted by atomic mass is 16.5. The summed E-state index contributed by atoms with van der Waals surface area (Å²) in [4.78, 5) is 8.72. The van der Waals surface area contributed by atoms with Crippen molar-refractivity contribution in [1.29, 1.82) is 0 Å². The minimum atomic E-state index is 0.579. The van der Waals surface area contributed by atoms with Crippen LogP contribution in [0.1, 0.15) is 5.56 Å². The van der Waals surface area contributed by atoms with Crippen LogP contribution in [-0.4, -0.2) is 23.6 Å². The molecule has 1 aromatic heterocycles. The summed E-state index contributed by atoms with van der Waals surface area (Å²) in [6.45, 7) is 0.800. The standard InChI is InChI=1S/C19H20N4O/c1-24-17-9-7-15(8-10-17)11-13-20-18-12-14-21-19(23-18)22-16-5-3-2-4-6-16/h2-10,12,14H,11,13H2,1H3,(H2,20,21,22,23). The van der Waals surface area contributed by atoms with Crippen LogP contribution in [0.2, 0.25) is 0 Å². The molecule has 2 aromatic carbocycles. The number of aromatic nitrogens is 2. The van der Waals surface area contributed by atoms with Gasteiger partial charge in [-0.05, 0) is 42.3 Å². The molecule has 0 unspecified atom stereocenters. The molecule has 0 saturated carbocycles. The third kappa shape index (κ3) is 4.46. The Balaban J connectivity index is 1.54. The molecule has 0 aliphatic rings. The molecule has 3 rings (SSSR count). The highest BCUT2D eigenvalue weighted by molar-refractivity contribution is 5.54. The number of methoxy groups -OCH3 is 1. The van der Waals surface area contributed by atoms with Gasteiger partial charge in [0.25, 0.3) is 0 Å². The summed E-state index contributed by atoms with van der Waals surface area (Å²) in [5.74, 6) is 2.26. The zero-order valence-electron chi connectivity index (χ0n) is 13.6. The zero-order valence-corrected chi connectivity index (χ0v) is 13.6.